The molecule has 0 bridgehead atoms. The Morgan fingerprint density at radius 1 is 1.33 bits per heavy atom. The van der Waals surface area contributed by atoms with Crippen LogP contribution in [0.5, 0.6) is 0 Å². The summed E-state index contributed by atoms with van der Waals surface area (Å²) in [5.41, 5.74) is 0.532. The standard InChI is InChI=1S/C9H13ClO2/c1-7(9(11)12-10)8-5-3-2-4-6-8/h8H,1-6H2. The van der Waals surface area contributed by atoms with Crippen LogP contribution in [0.2, 0.25) is 0 Å². The van der Waals surface area contributed by atoms with Gasteiger partial charge in [-0.3, -0.25) is 0 Å². The molecular formula is C9H13ClO2. The van der Waals surface area contributed by atoms with Crippen molar-refractivity contribution in [2.45, 2.75) is 32.1 Å². The molecule has 1 rings (SSSR count). The Bertz CT molecular complexity index is 183. The van der Waals surface area contributed by atoms with Crippen LogP contribution in [0, 0.1) is 5.92 Å². The summed E-state index contributed by atoms with van der Waals surface area (Å²) in [6.07, 6.45) is 5.72. The van der Waals surface area contributed by atoms with Gasteiger partial charge in [0.2, 0.25) is 0 Å². The van der Waals surface area contributed by atoms with E-state index in [4.69, 9.17) is 11.9 Å². The zero-order chi connectivity index (χ0) is 8.97. The number of hydrogen-bond acceptors (Lipinski definition) is 2. The Balaban J connectivity index is 2.45. The summed E-state index contributed by atoms with van der Waals surface area (Å²) in [6, 6.07) is 0. The first-order chi connectivity index (χ1) is 5.75. The Kier molecular flexibility index (Phi) is 3.60. The van der Waals surface area contributed by atoms with Crippen LogP contribution in [0.3, 0.4) is 0 Å². The Morgan fingerprint density at radius 3 is 2.42 bits per heavy atom. The summed E-state index contributed by atoms with van der Waals surface area (Å²) >= 11 is 4.96. The van der Waals surface area contributed by atoms with Crippen molar-refractivity contribution in [3.63, 3.8) is 0 Å². The average Bonchev–Trinajstić information content (AvgIpc) is 2.17. The lowest BCUT2D eigenvalue weighted by atomic mass is 9.84. The SMILES string of the molecule is C=C(C(=O)OCl)C1CCCCC1. The number of halogens is 1. The van der Waals surface area contributed by atoms with Gasteiger partial charge in [0.25, 0.3) is 0 Å². The summed E-state index contributed by atoms with van der Waals surface area (Å²) in [4.78, 5) is 11.0. The van der Waals surface area contributed by atoms with Crippen LogP contribution in [0.15, 0.2) is 12.2 Å². The summed E-state index contributed by atoms with van der Waals surface area (Å²) < 4.78 is 4.10. The molecule has 0 aromatic rings. The van der Waals surface area contributed by atoms with Gasteiger partial charge >= 0.3 is 5.97 Å². The van der Waals surface area contributed by atoms with Gasteiger partial charge in [0.15, 0.2) is 0 Å². The quantitative estimate of drug-likeness (QED) is 0.623. The van der Waals surface area contributed by atoms with Crippen molar-refractivity contribution in [3.05, 3.63) is 12.2 Å². The molecule has 12 heavy (non-hydrogen) atoms. The molecule has 0 saturated heterocycles. The molecule has 0 amide bonds. The largest absolute Gasteiger partial charge is 0.351 e. The zero-order valence-corrected chi connectivity index (χ0v) is 7.77. The van der Waals surface area contributed by atoms with Crippen LogP contribution in [-0.4, -0.2) is 5.97 Å². The van der Waals surface area contributed by atoms with Crippen LogP contribution in [0.1, 0.15) is 32.1 Å². The third-order valence-electron chi connectivity index (χ3n) is 2.43. The van der Waals surface area contributed by atoms with E-state index in [0.717, 1.165) is 12.8 Å². The molecule has 0 aromatic carbocycles. The lowest BCUT2D eigenvalue weighted by Gasteiger charge is -2.21. The van der Waals surface area contributed by atoms with Gasteiger partial charge in [0.05, 0.1) is 0 Å². The molecule has 0 N–H and O–H groups in total. The molecule has 0 aliphatic heterocycles. The van der Waals surface area contributed by atoms with Crippen LogP contribution < -0.4 is 0 Å². The maximum atomic E-state index is 11.0. The highest BCUT2D eigenvalue weighted by atomic mass is 35.5. The van der Waals surface area contributed by atoms with Crippen molar-refractivity contribution < 1.29 is 9.08 Å². The first kappa shape index (κ1) is 9.59. The highest BCUT2D eigenvalue weighted by Crippen LogP contribution is 2.29. The fourth-order valence-corrected chi connectivity index (χ4v) is 1.77. The third kappa shape index (κ3) is 2.24. The number of hydrogen-bond donors (Lipinski definition) is 0. The second-order valence-corrected chi connectivity index (χ2v) is 3.38. The molecule has 0 spiro atoms. The monoisotopic (exact) mass is 188 g/mol. The predicted octanol–water partition coefficient (Wildman–Crippen LogP) is 2.82. The van der Waals surface area contributed by atoms with Crippen LogP contribution >= 0.6 is 11.9 Å². The van der Waals surface area contributed by atoms with E-state index in [1.165, 1.54) is 19.3 Å². The lowest BCUT2D eigenvalue weighted by Crippen LogP contribution is -2.15. The molecule has 1 fully saturated rings. The van der Waals surface area contributed by atoms with E-state index in [1.807, 2.05) is 0 Å². The van der Waals surface area contributed by atoms with E-state index >= 15 is 0 Å². The van der Waals surface area contributed by atoms with Gasteiger partial charge in [-0.05, 0) is 18.8 Å². The van der Waals surface area contributed by atoms with Crippen LogP contribution in [-0.2, 0) is 9.08 Å². The van der Waals surface area contributed by atoms with E-state index in [2.05, 4.69) is 10.9 Å². The fraction of sp³-hybridized carbons (Fsp3) is 0.667. The second kappa shape index (κ2) is 4.51. The summed E-state index contributed by atoms with van der Waals surface area (Å²) in [5.74, 6) is -0.173. The predicted molar refractivity (Wildman–Crippen MR) is 47.7 cm³/mol. The van der Waals surface area contributed by atoms with Gasteiger partial charge in [-0.1, -0.05) is 25.8 Å². The highest BCUT2D eigenvalue weighted by Gasteiger charge is 2.21. The topological polar surface area (TPSA) is 26.3 Å². The van der Waals surface area contributed by atoms with Crippen molar-refractivity contribution in [1.82, 2.24) is 0 Å². The molecule has 1 aliphatic rings. The normalized spacial score (nSPS) is 18.8. The Morgan fingerprint density at radius 2 is 1.92 bits per heavy atom. The second-order valence-electron chi connectivity index (χ2n) is 3.22. The van der Waals surface area contributed by atoms with Crippen molar-refractivity contribution in [1.29, 1.82) is 0 Å². The number of rotatable bonds is 2. The van der Waals surface area contributed by atoms with Crippen molar-refractivity contribution >= 4 is 17.8 Å². The van der Waals surface area contributed by atoms with Crippen molar-refractivity contribution in [2.24, 2.45) is 5.92 Å². The first-order valence-corrected chi connectivity index (χ1v) is 4.58. The Hall–Kier alpha value is -0.500. The Labute approximate surface area is 77.7 Å². The smallest absolute Gasteiger partial charge is 0.343 e. The third-order valence-corrected chi connectivity index (χ3v) is 2.57. The van der Waals surface area contributed by atoms with E-state index < -0.39 is 5.97 Å². The maximum Gasteiger partial charge on any atom is 0.351 e. The molecule has 2 nitrogen and oxygen atoms in total. The van der Waals surface area contributed by atoms with Gasteiger partial charge in [0, 0.05) is 5.57 Å². The molecule has 1 aliphatic carbocycles. The molecule has 68 valence electrons. The summed E-state index contributed by atoms with van der Waals surface area (Å²) in [6.45, 7) is 3.69. The molecule has 1 saturated carbocycles. The summed E-state index contributed by atoms with van der Waals surface area (Å²) in [5, 5.41) is 0. The van der Waals surface area contributed by atoms with E-state index in [9.17, 15) is 4.79 Å². The van der Waals surface area contributed by atoms with Crippen LogP contribution in [0.25, 0.3) is 0 Å². The minimum atomic E-state index is -0.469. The number of carbonyl (C=O) groups is 1. The maximum absolute atomic E-state index is 11.0. The molecule has 0 radical (unpaired) electrons. The summed E-state index contributed by atoms with van der Waals surface area (Å²) in [7, 11) is 0. The molecule has 3 heteroatoms. The fourth-order valence-electron chi connectivity index (χ4n) is 1.67. The molecular weight excluding hydrogens is 176 g/mol. The zero-order valence-electron chi connectivity index (χ0n) is 7.01. The van der Waals surface area contributed by atoms with Gasteiger partial charge in [-0.15, -0.1) is 0 Å². The minimum Gasteiger partial charge on any atom is -0.343 e. The first-order valence-electron chi connectivity index (χ1n) is 4.27. The van der Waals surface area contributed by atoms with E-state index in [0.29, 0.717) is 11.5 Å². The molecule has 0 heterocycles. The van der Waals surface area contributed by atoms with Crippen molar-refractivity contribution in [3.8, 4) is 0 Å². The molecule has 0 unspecified atom stereocenters. The van der Waals surface area contributed by atoms with E-state index in [1.54, 1.807) is 0 Å². The van der Waals surface area contributed by atoms with E-state index in [-0.39, 0.29) is 0 Å². The van der Waals surface area contributed by atoms with Gasteiger partial charge in [-0.25, -0.2) is 4.79 Å². The average molecular weight is 189 g/mol. The lowest BCUT2D eigenvalue weighted by molar-refractivity contribution is -0.130. The number of carbonyl (C=O) groups excluding carboxylic acids is 1. The van der Waals surface area contributed by atoms with Gasteiger partial charge < -0.3 is 4.29 Å². The highest BCUT2D eigenvalue weighted by molar-refractivity contribution is 6.15. The molecule has 0 atom stereocenters. The van der Waals surface area contributed by atoms with Gasteiger partial charge in [0.1, 0.15) is 11.9 Å². The van der Waals surface area contributed by atoms with Gasteiger partial charge in [-0.2, -0.15) is 0 Å². The minimum absolute atomic E-state index is 0.296. The van der Waals surface area contributed by atoms with Crippen molar-refractivity contribution in [2.75, 3.05) is 0 Å². The van der Waals surface area contributed by atoms with Crippen LogP contribution in [0.4, 0.5) is 0 Å². The molecule has 0 aromatic heterocycles.